The van der Waals surface area contributed by atoms with Gasteiger partial charge in [-0.15, -0.1) is 0 Å². The van der Waals surface area contributed by atoms with Gasteiger partial charge in [0.25, 0.3) is 0 Å². The molecule has 1 heterocycles. The molecule has 0 aromatic heterocycles. The molecule has 0 spiro atoms. The van der Waals surface area contributed by atoms with E-state index in [1.54, 1.807) is 0 Å². The number of hydrogen-bond donors (Lipinski definition) is 0. The lowest BCUT2D eigenvalue weighted by molar-refractivity contribution is -0.0161. The van der Waals surface area contributed by atoms with Crippen LogP contribution in [0.15, 0.2) is 0 Å². The van der Waals surface area contributed by atoms with Crippen molar-refractivity contribution in [3.05, 3.63) is 0 Å². The molecule has 0 saturated carbocycles. The molecule has 1 aliphatic heterocycles. The molecule has 2 heteroatoms. The quantitative estimate of drug-likeness (QED) is 0.718. The fourth-order valence-corrected chi connectivity index (χ4v) is 4.74. The minimum absolute atomic E-state index is 0.304. The second kappa shape index (κ2) is 6.43. The lowest BCUT2D eigenvalue weighted by Crippen LogP contribution is -2.60. The van der Waals surface area contributed by atoms with E-state index in [1.807, 2.05) is 0 Å². The summed E-state index contributed by atoms with van der Waals surface area (Å²) in [5, 5.41) is 0. The van der Waals surface area contributed by atoms with E-state index in [-0.39, 0.29) is 0 Å². The van der Waals surface area contributed by atoms with Gasteiger partial charge in [0.1, 0.15) is 0 Å². The van der Waals surface area contributed by atoms with Gasteiger partial charge < -0.3 is 0 Å². The predicted octanol–water partition coefficient (Wildman–Crippen LogP) is 5.03. The fourth-order valence-electron chi connectivity index (χ4n) is 4.74. The molecule has 1 fully saturated rings. The summed E-state index contributed by atoms with van der Waals surface area (Å²) in [7, 11) is 0. The first-order valence-corrected chi connectivity index (χ1v) is 9.13. The van der Waals surface area contributed by atoms with Gasteiger partial charge in [-0.3, -0.25) is 9.80 Å². The Morgan fingerprint density at radius 3 is 0.909 bits per heavy atom. The van der Waals surface area contributed by atoms with Crippen LogP contribution in [0.2, 0.25) is 0 Å². The van der Waals surface area contributed by atoms with E-state index >= 15 is 0 Å². The average Bonchev–Trinajstić information content (AvgIpc) is 2.22. The van der Waals surface area contributed by atoms with Crippen LogP contribution < -0.4 is 0 Å². The van der Waals surface area contributed by atoms with Crippen molar-refractivity contribution in [2.45, 2.75) is 93.2 Å². The minimum atomic E-state index is 0.304. The monoisotopic (exact) mass is 310 g/mol. The summed E-state index contributed by atoms with van der Waals surface area (Å²) in [5.41, 5.74) is 1.40. The average molecular weight is 311 g/mol. The van der Waals surface area contributed by atoms with Crippen LogP contribution >= 0.6 is 0 Å². The molecule has 22 heavy (non-hydrogen) atoms. The number of rotatable bonds is 4. The Kier molecular flexibility index (Phi) is 5.84. The SMILES string of the molecule is CC(C)(C)CC(C)(C)N1CCN(C(C)(C)CC(C)(C)C)CC1. The van der Waals surface area contributed by atoms with Crippen molar-refractivity contribution in [1.82, 2.24) is 9.80 Å². The second-order valence-electron chi connectivity index (χ2n) is 11.1. The molecule has 2 nitrogen and oxygen atoms in total. The highest BCUT2D eigenvalue weighted by atomic mass is 15.3. The van der Waals surface area contributed by atoms with Gasteiger partial charge in [0.2, 0.25) is 0 Å². The number of piperazine rings is 1. The molecule has 0 radical (unpaired) electrons. The molecule has 0 aromatic carbocycles. The van der Waals surface area contributed by atoms with Crippen LogP contribution in [-0.2, 0) is 0 Å². The van der Waals surface area contributed by atoms with E-state index < -0.39 is 0 Å². The zero-order chi connectivity index (χ0) is 17.4. The van der Waals surface area contributed by atoms with Gasteiger partial charge in [-0.05, 0) is 51.4 Å². The number of nitrogens with zero attached hydrogens (tertiary/aromatic N) is 2. The predicted molar refractivity (Wildman–Crippen MR) is 99.4 cm³/mol. The highest BCUT2D eigenvalue weighted by Gasteiger charge is 2.37. The van der Waals surface area contributed by atoms with E-state index in [0.29, 0.717) is 21.9 Å². The molecule has 0 atom stereocenters. The van der Waals surface area contributed by atoms with Crippen LogP contribution in [0.1, 0.15) is 82.1 Å². The Hall–Kier alpha value is -0.0800. The summed E-state index contributed by atoms with van der Waals surface area (Å²) < 4.78 is 0. The topological polar surface area (TPSA) is 6.48 Å². The first-order chi connectivity index (χ1) is 9.62. The summed E-state index contributed by atoms with van der Waals surface area (Å²) in [6, 6.07) is 0. The van der Waals surface area contributed by atoms with Crippen LogP contribution in [0.25, 0.3) is 0 Å². The third kappa shape index (κ3) is 6.20. The molecule has 1 saturated heterocycles. The Morgan fingerprint density at radius 1 is 0.500 bits per heavy atom. The van der Waals surface area contributed by atoms with Gasteiger partial charge in [0, 0.05) is 37.3 Å². The molecule has 1 rings (SSSR count). The van der Waals surface area contributed by atoms with Crippen molar-refractivity contribution in [3.8, 4) is 0 Å². The maximum atomic E-state index is 2.71. The summed E-state index contributed by atoms with van der Waals surface area (Å²) in [6.45, 7) is 28.7. The molecule has 0 aromatic rings. The lowest BCUT2D eigenvalue weighted by Gasteiger charge is -2.51. The maximum absolute atomic E-state index is 2.71. The summed E-state index contributed by atoms with van der Waals surface area (Å²) in [6.07, 6.45) is 2.51. The van der Waals surface area contributed by atoms with Crippen molar-refractivity contribution in [2.24, 2.45) is 10.8 Å². The van der Waals surface area contributed by atoms with E-state index in [4.69, 9.17) is 0 Å². The van der Waals surface area contributed by atoms with E-state index in [1.165, 1.54) is 39.0 Å². The molecule has 0 N–H and O–H groups in total. The van der Waals surface area contributed by atoms with Gasteiger partial charge in [-0.1, -0.05) is 41.5 Å². The highest BCUT2D eigenvalue weighted by molar-refractivity contribution is 4.93. The van der Waals surface area contributed by atoms with E-state index in [9.17, 15) is 0 Å². The van der Waals surface area contributed by atoms with Gasteiger partial charge in [-0.25, -0.2) is 0 Å². The molecule has 1 aliphatic rings. The van der Waals surface area contributed by atoms with Crippen LogP contribution in [0.5, 0.6) is 0 Å². The molecular formula is C20H42N2. The standard InChI is InChI=1S/C20H42N2/c1-17(2,3)15-19(7,8)21-11-13-22(14-12-21)20(9,10)16-18(4,5)6/h11-16H2,1-10H3. The van der Waals surface area contributed by atoms with Crippen LogP contribution in [-0.4, -0.2) is 47.1 Å². The van der Waals surface area contributed by atoms with Crippen LogP contribution in [0.4, 0.5) is 0 Å². The third-order valence-corrected chi connectivity index (χ3v) is 4.92. The van der Waals surface area contributed by atoms with Crippen LogP contribution in [0.3, 0.4) is 0 Å². The second-order valence-corrected chi connectivity index (χ2v) is 11.1. The van der Waals surface area contributed by atoms with E-state index in [0.717, 1.165) is 0 Å². The van der Waals surface area contributed by atoms with Crippen molar-refractivity contribution in [2.75, 3.05) is 26.2 Å². The minimum Gasteiger partial charge on any atom is -0.296 e. The van der Waals surface area contributed by atoms with Gasteiger partial charge >= 0.3 is 0 Å². The molecule has 0 unspecified atom stereocenters. The van der Waals surface area contributed by atoms with Gasteiger partial charge in [0.15, 0.2) is 0 Å². The molecule has 0 amide bonds. The summed E-state index contributed by atoms with van der Waals surface area (Å²) in [4.78, 5) is 5.42. The molecular weight excluding hydrogens is 268 g/mol. The molecule has 132 valence electrons. The largest absolute Gasteiger partial charge is 0.296 e. The normalized spacial score (nSPS) is 20.5. The zero-order valence-electron chi connectivity index (χ0n) is 17.1. The van der Waals surface area contributed by atoms with Gasteiger partial charge in [0.05, 0.1) is 0 Å². The number of hydrogen-bond acceptors (Lipinski definition) is 2. The molecule has 0 aliphatic carbocycles. The first-order valence-electron chi connectivity index (χ1n) is 9.13. The molecule has 0 bridgehead atoms. The maximum Gasteiger partial charge on any atom is 0.0159 e. The lowest BCUT2D eigenvalue weighted by atomic mass is 9.79. The summed E-state index contributed by atoms with van der Waals surface area (Å²) >= 11 is 0. The smallest absolute Gasteiger partial charge is 0.0159 e. The van der Waals surface area contributed by atoms with Crippen LogP contribution in [0, 0.1) is 10.8 Å². The van der Waals surface area contributed by atoms with E-state index in [2.05, 4.69) is 79.0 Å². The van der Waals surface area contributed by atoms with Gasteiger partial charge in [-0.2, -0.15) is 0 Å². The Bertz CT molecular complexity index is 311. The van der Waals surface area contributed by atoms with Crippen molar-refractivity contribution >= 4 is 0 Å². The fraction of sp³-hybridized carbons (Fsp3) is 1.00. The zero-order valence-corrected chi connectivity index (χ0v) is 17.1. The Morgan fingerprint density at radius 2 is 0.727 bits per heavy atom. The van der Waals surface area contributed by atoms with Crippen molar-refractivity contribution in [1.29, 1.82) is 0 Å². The Balaban J connectivity index is 2.63. The third-order valence-electron chi connectivity index (χ3n) is 4.92. The van der Waals surface area contributed by atoms with Crippen molar-refractivity contribution in [3.63, 3.8) is 0 Å². The first kappa shape index (κ1) is 20.0. The highest BCUT2D eigenvalue weighted by Crippen LogP contribution is 2.35. The van der Waals surface area contributed by atoms with Crippen molar-refractivity contribution < 1.29 is 0 Å². The Labute approximate surface area is 140 Å². The summed E-state index contributed by atoms with van der Waals surface area (Å²) in [5.74, 6) is 0.